The van der Waals surface area contributed by atoms with Crippen LogP contribution in [-0.4, -0.2) is 39.4 Å². The zero-order valence-corrected chi connectivity index (χ0v) is 9.46. The number of ether oxygens (including phenoxy) is 2. The number of esters is 1. The van der Waals surface area contributed by atoms with E-state index in [0.29, 0.717) is 13.0 Å². The van der Waals surface area contributed by atoms with Crippen molar-refractivity contribution in [1.82, 2.24) is 5.32 Å². The Labute approximate surface area is 91.3 Å². The molecule has 0 saturated carbocycles. The smallest absolute Gasteiger partial charge is 0.307 e. The van der Waals surface area contributed by atoms with Crippen LogP contribution in [0.3, 0.4) is 0 Å². The van der Waals surface area contributed by atoms with Gasteiger partial charge in [-0.3, -0.25) is 4.79 Å². The van der Waals surface area contributed by atoms with Gasteiger partial charge < -0.3 is 14.8 Å². The van der Waals surface area contributed by atoms with E-state index in [9.17, 15) is 4.79 Å². The van der Waals surface area contributed by atoms with Gasteiger partial charge in [0.1, 0.15) is 0 Å². The third-order valence-corrected chi connectivity index (χ3v) is 2.81. The van der Waals surface area contributed by atoms with Crippen LogP contribution in [0.5, 0.6) is 0 Å². The van der Waals surface area contributed by atoms with Gasteiger partial charge in [0, 0.05) is 6.61 Å². The lowest BCUT2D eigenvalue weighted by Gasteiger charge is -2.22. The van der Waals surface area contributed by atoms with Gasteiger partial charge in [0.25, 0.3) is 0 Å². The summed E-state index contributed by atoms with van der Waals surface area (Å²) in [6.45, 7) is 3.51. The largest absolute Gasteiger partial charge is 0.469 e. The number of hydrogen-bond donors (Lipinski definition) is 1. The number of piperidine rings is 1. The van der Waals surface area contributed by atoms with Crippen LogP contribution < -0.4 is 5.32 Å². The summed E-state index contributed by atoms with van der Waals surface area (Å²) in [7, 11) is 1.40. The summed E-state index contributed by atoms with van der Waals surface area (Å²) in [4.78, 5) is 10.8. The van der Waals surface area contributed by atoms with Crippen molar-refractivity contribution in [3.05, 3.63) is 0 Å². The first-order valence-electron chi connectivity index (χ1n) is 5.68. The highest BCUT2D eigenvalue weighted by atomic mass is 16.5. The molecule has 0 aromatic heterocycles. The fraction of sp³-hybridized carbons (Fsp3) is 0.909. The Morgan fingerprint density at radius 3 is 2.73 bits per heavy atom. The minimum atomic E-state index is -0.197. The van der Waals surface area contributed by atoms with Crippen LogP contribution in [0.15, 0.2) is 0 Å². The zero-order valence-electron chi connectivity index (χ0n) is 9.46. The van der Waals surface area contributed by atoms with Gasteiger partial charge in [-0.25, -0.2) is 0 Å². The van der Waals surface area contributed by atoms with Gasteiger partial charge in [0.15, 0.2) is 0 Å². The van der Waals surface area contributed by atoms with Gasteiger partial charge in [-0.2, -0.15) is 0 Å². The molecule has 1 aliphatic rings. The average Bonchev–Trinajstić information content (AvgIpc) is 2.29. The van der Waals surface area contributed by atoms with Crippen molar-refractivity contribution in [2.75, 3.05) is 33.4 Å². The molecule has 88 valence electrons. The standard InChI is InChI=1S/C11H21NO3/c1-14-11(13)5-9-15-8-4-10-2-6-12-7-3-10/h10,12H,2-9H2,1H3. The lowest BCUT2D eigenvalue weighted by atomic mass is 9.95. The third-order valence-electron chi connectivity index (χ3n) is 2.81. The van der Waals surface area contributed by atoms with Crippen LogP contribution >= 0.6 is 0 Å². The summed E-state index contributed by atoms with van der Waals surface area (Å²) in [6.07, 6.45) is 3.98. The number of rotatable bonds is 6. The highest BCUT2D eigenvalue weighted by molar-refractivity contribution is 5.69. The van der Waals surface area contributed by atoms with Crippen molar-refractivity contribution in [2.45, 2.75) is 25.7 Å². The van der Waals surface area contributed by atoms with E-state index < -0.39 is 0 Å². The van der Waals surface area contributed by atoms with Crippen molar-refractivity contribution in [1.29, 1.82) is 0 Å². The fourth-order valence-electron chi connectivity index (χ4n) is 1.78. The van der Waals surface area contributed by atoms with Crippen LogP contribution in [0, 0.1) is 5.92 Å². The highest BCUT2D eigenvalue weighted by Crippen LogP contribution is 2.15. The van der Waals surface area contributed by atoms with Crippen molar-refractivity contribution in [2.24, 2.45) is 5.92 Å². The van der Waals surface area contributed by atoms with Crippen LogP contribution in [0.1, 0.15) is 25.7 Å². The highest BCUT2D eigenvalue weighted by Gasteiger charge is 2.12. The Bertz CT molecular complexity index is 179. The van der Waals surface area contributed by atoms with E-state index in [2.05, 4.69) is 10.1 Å². The lowest BCUT2D eigenvalue weighted by Crippen LogP contribution is -2.28. The molecule has 0 unspecified atom stereocenters. The summed E-state index contributed by atoms with van der Waals surface area (Å²) in [5.74, 6) is 0.598. The van der Waals surface area contributed by atoms with Gasteiger partial charge >= 0.3 is 5.97 Å². The molecule has 0 aliphatic carbocycles. The van der Waals surface area contributed by atoms with Crippen molar-refractivity contribution < 1.29 is 14.3 Å². The maximum absolute atomic E-state index is 10.8. The second-order valence-electron chi connectivity index (χ2n) is 3.92. The number of hydrogen-bond acceptors (Lipinski definition) is 4. The molecule has 0 amide bonds. The predicted octanol–water partition coefficient (Wildman–Crippen LogP) is 0.956. The van der Waals surface area contributed by atoms with Crippen LogP contribution in [0.2, 0.25) is 0 Å². The Morgan fingerprint density at radius 2 is 2.07 bits per heavy atom. The van der Waals surface area contributed by atoms with Gasteiger partial charge in [-0.05, 0) is 38.3 Å². The van der Waals surface area contributed by atoms with E-state index >= 15 is 0 Å². The molecule has 1 saturated heterocycles. The number of nitrogens with one attached hydrogen (secondary N) is 1. The monoisotopic (exact) mass is 215 g/mol. The van der Waals surface area contributed by atoms with E-state index in [1.807, 2.05) is 0 Å². The van der Waals surface area contributed by atoms with Crippen molar-refractivity contribution in [3.8, 4) is 0 Å². The van der Waals surface area contributed by atoms with E-state index in [4.69, 9.17) is 4.74 Å². The summed E-state index contributed by atoms with van der Waals surface area (Å²) < 4.78 is 9.91. The quantitative estimate of drug-likeness (QED) is 0.529. The first-order chi connectivity index (χ1) is 7.33. The van der Waals surface area contributed by atoms with Gasteiger partial charge in [0.05, 0.1) is 20.1 Å². The van der Waals surface area contributed by atoms with E-state index in [0.717, 1.165) is 32.0 Å². The molecule has 1 N–H and O–H groups in total. The number of carbonyl (C=O) groups excluding carboxylic acids is 1. The Kier molecular flexibility index (Phi) is 6.36. The Balaban J connectivity index is 1.89. The maximum Gasteiger partial charge on any atom is 0.307 e. The topological polar surface area (TPSA) is 47.6 Å². The second-order valence-corrected chi connectivity index (χ2v) is 3.92. The first kappa shape index (κ1) is 12.5. The van der Waals surface area contributed by atoms with E-state index in [1.165, 1.54) is 20.0 Å². The molecule has 0 atom stereocenters. The molecule has 4 heteroatoms. The molecule has 4 nitrogen and oxygen atoms in total. The van der Waals surface area contributed by atoms with Crippen molar-refractivity contribution in [3.63, 3.8) is 0 Å². The first-order valence-corrected chi connectivity index (χ1v) is 5.68. The van der Waals surface area contributed by atoms with E-state index in [1.54, 1.807) is 0 Å². The molecule has 0 radical (unpaired) electrons. The van der Waals surface area contributed by atoms with Gasteiger partial charge in [-0.1, -0.05) is 0 Å². The Morgan fingerprint density at radius 1 is 1.33 bits per heavy atom. The summed E-state index contributed by atoms with van der Waals surface area (Å²) >= 11 is 0. The molecular formula is C11H21NO3. The number of methoxy groups -OCH3 is 1. The Hall–Kier alpha value is -0.610. The lowest BCUT2D eigenvalue weighted by molar-refractivity contribution is -0.141. The van der Waals surface area contributed by atoms with Crippen molar-refractivity contribution >= 4 is 5.97 Å². The molecule has 15 heavy (non-hydrogen) atoms. The average molecular weight is 215 g/mol. The fourth-order valence-corrected chi connectivity index (χ4v) is 1.78. The van der Waals surface area contributed by atoms with E-state index in [-0.39, 0.29) is 5.97 Å². The summed E-state index contributed by atoms with van der Waals surface area (Å²) in [5, 5.41) is 3.34. The van der Waals surface area contributed by atoms with Gasteiger partial charge in [0.2, 0.25) is 0 Å². The summed E-state index contributed by atoms with van der Waals surface area (Å²) in [6, 6.07) is 0. The molecule has 1 fully saturated rings. The molecular weight excluding hydrogens is 194 g/mol. The van der Waals surface area contributed by atoms with Gasteiger partial charge in [-0.15, -0.1) is 0 Å². The zero-order chi connectivity index (χ0) is 10.9. The third kappa shape index (κ3) is 5.74. The van der Waals surface area contributed by atoms with Crippen LogP contribution in [0.25, 0.3) is 0 Å². The summed E-state index contributed by atoms with van der Waals surface area (Å²) in [5.41, 5.74) is 0. The molecule has 0 bridgehead atoms. The minimum Gasteiger partial charge on any atom is -0.469 e. The number of carbonyl (C=O) groups is 1. The molecule has 1 rings (SSSR count). The van der Waals surface area contributed by atoms with Crippen LogP contribution in [0.4, 0.5) is 0 Å². The second kappa shape index (κ2) is 7.65. The molecule has 0 spiro atoms. The molecule has 0 aromatic carbocycles. The molecule has 1 heterocycles. The normalized spacial score (nSPS) is 17.7. The SMILES string of the molecule is COC(=O)CCOCCC1CCNCC1. The maximum atomic E-state index is 10.8. The van der Waals surface area contributed by atoms with Crippen LogP contribution in [-0.2, 0) is 14.3 Å². The molecule has 1 aliphatic heterocycles. The predicted molar refractivity (Wildman–Crippen MR) is 57.7 cm³/mol. The minimum absolute atomic E-state index is 0.197. The molecule has 0 aromatic rings.